The number of nitrogens with two attached hydrogens (primary N) is 1. The van der Waals surface area contributed by atoms with E-state index in [2.05, 4.69) is 21.9 Å². The monoisotopic (exact) mass is 337 g/mol. The summed E-state index contributed by atoms with van der Waals surface area (Å²) >= 11 is 0. The molecule has 0 unspecified atom stereocenters. The molecular formula is C18H19N5O2. The first-order valence-electron chi connectivity index (χ1n) is 8.12. The molecule has 0 aliphatic carbocycles. The first kappa shape index (κ1) is 16.6. The lowest BCUT2D eigenvalue weighted by Crippen LogP contribution is -2.21. The summed E-state index contributed by atoms with van der Waals surface area (Å²) in [6, 6.07) is 10.1. The van der Waals surface area contributed by atoms with Crippen LogP contribution in [0, 0.1) is 0 Å². The number of benzene rings is 1. The molecular weight excluding hydrogens is 318 g/mol. The maximum atomic E-state index is 11.5. The lowest BCUT2D eigenvalue weighted by atomic mass is 10.2. The van der Waals surface area contributed by atoms with Crippen LogP contribution in [0.5, 0.6) is 0 Å². The lowest BCUT2D eigenvalue weighted by molar-refractivity contribution is 0.100. The van der Waals surface area contributed by atoms with E-state index in [0.717, 1.165) is 30.5 Å². The molecule has 2 heterocycles. The summed E-state index contributed by atoms with van der Waals surface area (Å²) in [7, 11) is 0. The van der Waals surface area contributed by atoms with Gasteiger partial charge in [-0.1, -0.05) is 13.3 Å². The first-order chi connectivity index (χ1) is 12.1. The van der Waals surface area contributed by atoms with E-state index in [1.807, 2.05) is 17.0 Å². The number of carbonyl (C=O) groups is 1. The number of rotatable bonds is 6. The number of nitrogens with one attached hydrogen (secondary N) is 1. The summed E-state index contributed by atoms with van der Waals surface area (Å²) in [4.78, 5) is 36.4. The molecule has 0 bridgehead atoms. The third-order valence-electron chi connectivity index (χ3n) is 3.90. The van der Waals surface area contributed by atoms with Crippen molar-refractivity contribution >= 4 is 28.6 Å². The van der Waals surface area contributed by atoms with Crippen LogP contribution in [-0.4, -0.2) is 27.4 Å². The Kier molecular flexibility index (Phi) is 4.74. The molecule has 0 fully saturated rings. The van der Waals surface area contributed by atoms with Gasteiger partial charge in [0.25, 0.3) is 0 Å². The van der Waals surface area contributed by atoms with Gasteiger partial charge in [-0.05, 0) is 36.8 Å². The molecule has 0 saturated carbocycles. The van der Waals surface area contributed by atoms with Crippen LogP contribution in [0.1, 0.15) is 30.1 Å². The number of fused-ring (bicyclic) bond motifs is 1. The van der Waals surface area contributed by atoms with Gasteiger partial charge in [-0.3, -0.25) is 9.59 Å². The average molecular weight is 337 g/mol. The van der Waals surface area contributed by atoms with Gasteiger partial charge in [0.1, 0.15) is 5.65 Å². The fourth-order valence-electron chi connectivity index (χ4n) is 2.52. The Hall–Kier alpha value is -3.22. The van der Waals surface area contributed by atoms with Crippen LogP contribution < -0.4 is 16.2 Å². The van der Waals surface area contributed by atoms with Gasteiger partial charge in [0, 0.05) is 35.4 Å². The Morgan fingerprint density at radius 3 is 2.64 bits per heavy atom. The minimum absolute atomic E-state index is 0.205. The van der Waals surface area contributed by atoms with Crippen molar-refractivity contribution in [3.63, 3.8) is 0 Å². The van der Waals surface area contributed by atoms with Crippen molar-refractivity contribution in [3.8, 4) is 0 Å². The summed E-state index contributed by atoms with van der Waals surface area (Å²) in [5.74, 6) is 0.0285. The fraction of sp³-hybridized carbons (Fsp3) is 0.222. The van der Waals surface area contributed by atoms with Crippen molar-refractivity contribution in [2.75, 3.05) is 11.4 Å². The molecule has 128 valence electrons. The molecule has 0 radical (unpaired) electrons. The molecule has 2 aromatic heterocycles. The van der Waals surface area contributed by atoms with Crippen LogP contribution in [0.3, 0.4) is 0 Å². The third kappa shape index (κ3) is 3.65. The standard InChI is InChI=1S/C18H19N5O2/c1-2-3-10-23(14-7-4-12(5-8-14)16(19)25)18-20-11-13-6-9-15(24)21-17(13)22-18/h4-9,11H,2-3,10H2,1H3,(H2,19,25)(H,20,21,22,24). The summed E-state index contributed by atoms with van der Waals surface area (Å²) in [5.41, 5.74) is 6.89. The number of aromatic nitrogens is 3. The van der Waals surface area contributed by atoms with Crippen molar-refractivity contribution in [2.45, 2.75) is 19.8 Å². The number of hydrogen-bond donors (Lipinski definition) is 2. The van der Waals surface area contributed by atoms with Crippen LogP contribution in [0.25, 0.3) is 11.0 Å². The van der Waals surface area contributed by atoms with Crippen molar-refractivity contribution < 1.29 is 4.79 Å². The largest absolute Gasteiger partial charge is 0.366 e. The van der Waals surface area contributed by atoms with Gasteiger partial charge in [-0.15, -0.1) is 0 Å². The number of anilines is 2. The molecule has 0 spiro atoms. The summed E-state index contributed by atoms with van der Waals surface area (Å²) in [6.07, 6.45) is 3.65. The normalized spacial score (nSPS) is 10.8. The summed E-state index contributed by atoms with van der Waals surface area (Å²) in [5, 5.41) is 0.767. The number of carbonyl (C=O) groups excluding carboxylic acids is 1. The predicted octanol–water partition coefficient (Wildman–Crippen LogP) is 2.36. The van der Waals surface area contributed by atoms with Crippen LogP contribution in [0.2, 0.25) is 0 Å². The first-order valence-corrected chi connectivity index (χ1v) is 8.12. The van der Waals surface area contributed by atoms with E-state index in [0.29, 0.717) is 17.2 Å². The van der Waals surface area contributed by atoms with E-state index in [4.69, 9.17) is 5.73 Å². The van der Waals surface area contributed by atoms with E-state index >= 15 is 0 Å². The minimum Gasteiger partial charge on any atom is -0.366 e. The Balaban J connectivity index is 2.02. The average Bonchev–Trinajstić information content (AvgIpc) is 2.62. The third-order valence-corrected chi connectivity index (χ3v) is 3.90. The van der Waals surface area contributed by atoms with E-state index in [9.17, 15) is 9.59 Å². The molecule has 1 aromatic carbocycles. The molecule has 7 heteroatoms. The van der Waals surface area contributed by atoms with Crippen molar-refractivity contribution in [2.24, 2.45) is 5.73 Å². The van der Waals surface area contributed by atoms with Crippen LogP contribution >= 0.6 is 0 Å². The van der Waals surface area contributed by atoms with Gasteiger partial charge >= 0.3 is 0 Å². The number of pyridine rings is 1. The van der Waals surface area contributed by atoms with Gasteiger partial charge in [0.05, 0.1) is 0 Å². The second kappa shape index (κ2) is 7.12. The molecule has 3 aromatic rings. The quantitative estimate of drug-likeness (QED) is 0.718. The van der Waals surface area contributed by atoms with Crippen molar-refractivity contribution in [1.29, 1.82) is 0 Å². The molecule has 7 nitrogen and oxygen atoms in total. The number of unbranched alkanes of at least 4 members (excludes halogenated alkanes) is 1. The number of hydrogen-bond acceptors (Lipinski definition) is 5. The molecule has 25 heavy (non-hydrogen) atoms. The molecule has 1 amide bonds. The van der Waals surface area contributed by atoms with Crippen LogP contribution in [-0.2, 0) is 0 Å². The molecule has 0 atom stereocenters. The van der Waals surface area contributed by atoms with E-state index in [-0.39, 0.29) is 5.56 Å². The smallest absolute Gasteiger partial charge is 0.249 e. The highest BCUT2D eigenvalue weighted by Gasteiger charge is 2.13. The van der Waals surface area contributed by atoms with Crippen LogP contribution in [0.4, 0.5) is 11.6 Å². The number of aromatic amines is 1. The molecule has 3 N–H and O–H groups in total. The number of nitrogens with zero attached hydrogens (tertiary/aromatic N) is 3. The highest BCUT2D eigenvalue weighted by atomic mass is 16.1. The predicted molar refractivity (Wildman–Crippen MR) is 97.0 cm³/mol. The Labute approximate surface area is 144 Å². The minimum atomic E-state index is -0.466. The molecule has 0 aliphatic heterocycles. The van der Waals surface area contributed by atoms with E-state index in [1.165, 1.54) is 6.07 Å². The summed E-state index contributed by atoms with van der Waals surface area (Å²) < 4.78 is 0. The van der Waals surface area contributed by atoms with Gasteiger partial charge in [0.15, 0.2) is 0 Å². The van der Waals surface area contributed by atoms with Crippen LogP contribution in [0.15, 0.2) is 47.4 Å². The topological polar surface area (TPSA) is 105 Å². The highest BCUT2D eigenvalue weighted by Crippen LogP contribution is 2.24. The highest BCUT2D eigenvalue weighted by molar-refractivity contribution is 5.93. The van der Waals surface area contributed by atoms with Gasteiger partial charge < -0.3 is 15.6 Å². The van der Waals surface area contributed by atoms with Gasteiger partial charge in [0.2, 0.25) is 17.4 Å². The number of amides is 1. The van der Waals surface area contributed by atoms with E-state index in [1.54, 1.807) is 24.4 Å². The zero-order valence-corrected chi connectivity index (χ0v) is 13.9. The fourth-order valence-corrected chi connectivity index (χ4v) is 2.52. The zero-order chi connectivity index (χ0) is 17.8. The molecule has 0 saturated heterocycles. The second-order valence-corrected chi connectivity index (χ2v) is 5.71. The van der Waals surface area contributed by atoms with Crippen molar-refractivity contribution in [3.05, 3.63) is 58.5 Å². The second-order valence-electron chi connectivity index (χ2n) is 5.71. The maximum Gasteiger partial charge on any atom is 0.249 e. The molecule has 0 aliphatic rings. The number of primary amides is 1. The Bertz CT molecular complexity index is 950. The summed E-state index contributed by atoms with van der Waals surface area (Å²) in [6.45, 7) is 2.82. The SMILES string of the molecule is CCCCN(c1ccc(C(N)=O)cc1)c1ncc2ccc(=O)[nH]c2n1. The Morgan fingerprint density at radius 2 is 1.96 bits per heavy atom. The van der Waals surface area contributed by atoms with Gasteiger partial charge in [-0.25, -0.2) is 4.98 Å². The zero-order valence-electron chi connectivity index (χ0n) is 13.9. The molecule has 3 rings (SSSR count). The van der Waals surface area contributed by atoms with E-state index < -0.39 is 5.91 Å². The number of H-pyrrole nitrogens is 1. The van der Waals surface area contributed by atoms with Gasteiger partial charge in [-0.2, -0.15) is 4.98 Å². The lowest BCUT2D eigenvalue weighted by Gasteiger charge is -2.23. The maximum absolute atomic E-state index is 11.5. The van der Waals surface area contributed by atoms with Crippen molar-refractivity contribution in [1.82, 2.24) is 15.0 Å². The Morgan fingerprint density at radius 1 is 1.20 bits per heavy atom.